The van der Waals surface area contributed by atoms with E-state index in [-0.39, 0.29) is 17.1 Å². The molecule has 1 aromatic heterocycles. The van der Waals surface area contributed by atoms with Crippen LogP contribution in [0.1, 0.15) is 23.7 Å². The van der Waals surface area contributed by atoms with E-state index >= 15 is 0 Å². The molecule has 0 bridgehead atoms. The van der Waals surface area contributed by atoms with E-state index in [1.165, 1.54) is 6.07 Å². The van der Waals surface area contributed by atoms with Gasteiger partial charge in [-0.1, -0.05) is 0 Å². The highest BCUT2D eigenvalue weighted by Crippen LogP contribution is 2.33. The summed E-state index contributed by atoms with van der Waals surface area (Å²) in [5.41, 5.74) is 5.51. The molecule has 3 rings (SSSR count). The normalized spacial score (nSPS) is 19.6. The second-order valence-corrected chi connectivity index (χ2v) is 4.89. The van der Waals surface area contributed by atoms with E-state index < -0.39 is 11.7 Å². The Labute approximate surface area is 113 Å². The van der Waals surface area contributed by atoms with E-state index in [4.69, 9.17) is 5.73 Å². The fourth-order valence-corrected chi connectivity index (χ4v) is 2.40. The largest absolute Gasteiger partial charge is 0.416 e. The zero-order valence-corrected chi connectivity index (χ0v) is 10.5. The molecular formula is C13H13F3N4. The van der Waals surface area contributed by atoms with Gasteiger partial charge in [0.05, 0.1) is 11.1 Å². The van der Waals surface area contributed by atoms with Crippen LogP contribution < -0.4 is 11.1 Å². The number of nitrogens with one attached hydrogen (secondary N) is 1. The molecule has 1 atom stereocenters. The van der Waals surface area contributed by atoms with Crippen LogP contribution in [-0.2, 0) is 6.18 Å². The van der Waals surface area contributed by atoms with Gasteiger partial charge in [0.15, 0.2) is 0 Å². The van der Waals surface area contributed by atoms with Gasteiger partial charge in [-0.15, -0.1) is 0 Å². The van der Waals surface area contributed by atoms with E-state index in [0.29, 0.717) is 11.3 Å². The number of hydrogen-bond acceptors (Lipinski definition) is 4. The number of hydrogen-bond donors (Lipinski definition) is 2. The van der Waals surface area contributed by atoms with Crippen molar-refractivity contribution in [2.75, 3.05) is 18.8 Å². The Hall–Kier alpha value is -1.89. The van der Waals surface area contributed by atoms with Crippen LogP contribution in [0, 0.1) is 0 Å². The lowest BCUT2D eigenvalue weighted by molar-refractivity contribution is -0.137. The summed E-state index contributed by atoms with van der Waals surface area (Å²) >= 11 is 0. The molecule has 20 heavy (non-hydrogen) atoms. The molecule has 3 N–H and O–H groups in total. The second-order valence-electron chi connectivity index (χ2n) is 4.89. The fraction of sp³-hybridized carbons (Fsp3) is 0.385. The molecule has 1 saturated heterocycles. The Morgan fingerprint density at radius 3 is 2.70 bits per heavy atom. The summed E-state index contributed by atoms with van der Waals surface area (Å²) < 4.78 is 38.0. The van der Waals surface area contributed by atoms with Gasteiger partial charge in [0.1, 0.15) is 11.6 Å². The standard InChI is InChI=1S/C13H13F3N4/c14-13(15,16)8-1-2-10-9(5-8)11(17)20-12(19-10)7-3-4-18-6-7/h1-2,5,7,18H,3-4,6H2,(H2,17,19,20). The molecule has 1 aliphatic heterocycles. The molecule has 0 saturated carbocycles. The average molecular weight is 282 g/mol. The molecule has 1 aliphatic rings. The number of anilines is 1. The molecular weight excluding hydrogens is 269 g/mol. The van der Waals surface area contributed by atoms with Gasteiger partial charge in [-0.25, -0.2) is 9.97 Å². The van der Waals surface area contributed by atoms with Gasteiger partial charge in [-0.05, 0) is 31.2 Å². The van der Waals surface area contributed by atoms with Crippen molar-refractivity contribution in [2.24, 2.45) is 0 Å². The lowest BCUT2D eigenvalue weighted by Crippen LogP contribution is -2.12. The molecule has 1 unspecified atom stereocenters. The predicted octanol–water partition coefficient (Wildman–Crippen LogP) is 2.31. The fourth-order valence-electron chi connectivity index (χ4n) is 2.40. The first-order valence-electron chi connectivity index (χ1n) is 6.30. The van der Waals surface area contributed by atoms with E-state index in [1.54, 1.807) is 0 Å². The van der Waals surface area contributed by atoms with Crippen LogP contribution in [0.15, 0.2) is 18.2 Å². The Morgan fingerprint density at radius 1 is 1.25 bits per heavy atom. The van der Waals surface area contributed by atoms with Crippen LogP contribution in [-0.4, -0.2) is 23.1 Å². The monoisotopic (exact) mass is 282 g/mol. The maximum absolute atomic E-state index is 12.7. The molecule has 1 fully saturated rings. The smallest absolute Gasteiger partial charge is 0.383 e. The molecule has 0 spiro atoms. The van der Waals surface area contributed by atoms with Gasteiger partial charge in [0, 0.05) is 17.8 Å². The maximum Gasteiger partial charge on any atom is 0.416 e. The molecule has 0 radical (unpaired) electrons. The number of aromatic nitrogens is 2. The highest BCUT2D eigenvalue weighted by molar-refractivity contribution is 5.88. The van der Waals surface area contributed by atoms with Crippen molar-refractivity contribution in [1.82, 2.24) is 15.3 Å². The van der Waals surface area contributed by atoms with E-state index in [1.807, 2.05) is 0 Å². The Morgan fingerprint density at radius 2 is 2.05 bits per heavy atom. The number of halogens is 3. The van der Waals surface area contributed by atoms with Crippen LogP contribution in [0.2, 0.25) is 0 Å². The molecule has 0 amide bonds. The van der Waals surface area contributed by atoms with Crippen molar-refractivity contribution in [3.63, 3.8) is 0 Å². The number of nitrogen functional groups attached to an aromatic ring is 1. The molecule has 4 nitrogen and oxygen atoms in total. The number of fused-ring (bicyclic) bond motifs is 1. The Kier molecular flexibility index (Phi) is 3.01. The first-order chi connectivity index (χ1) is 9.45. The van der Waals surface area contributed by atoms with E-state index in [9.17, 15) is 13.2 Å². The molecule has 7 heteroatoms. The maximum atomic E-state index is 12.7. The van der Waals surface area contributed by atoms with Crippen LogP contribution in [0.3, 0.4) is 0 Å². The molecule has 106 valence electrons. The van der Waals surface area contributed by atoms with Crippen molar-refractivity contribution in [3.05, 3.63) is 29.6 Å². The van der Waals surface area contributed by atoms with Gasteiger partial charge in [0.25, 0.3) is 0 Å². The van der Waals surface area contributed by atoms with Gasteiger partial charge in [-0.3, -0.25) is 0 Å². The third kappa shape index (κ3) is 2.29. The highest BCUT2D eigenvalue weighted by Gasteiger charge is 2.31. The summed E-state index contributed by atoms with van der Waals surface area (Å²) in [4.78, 5) is 8.51. The second kappa shape index (κ2) is 4.59. The molecule has 2 aromatic rings. The summed E-state index contributed by atoms with van der Waals surface area (Å²) in [5, 5.41) is 3.44. The lowest BCUT2D eigenvalue weighted by Gasteiger charge is -2.12. The van der Waals surface area contributed by atoms with Crippen LogP contribution >= 0.6 is 0 Å². The SMILES string of the molecule is Nc1nc(C2CCNC2)nc2ccc(C(F)(F)F)cc12. The topological polar surface area (TPSA) is 63.8 Å². The van der Waals surface area contributed by atoms with Crippen molar-refractivity contribution >= 4 is 16.7 Å². The van der Waals surface area contributed by atoms with Crippen LogP contribution in [0.25, 0.3) is 10.9 Å². The summed E-state index contributed by atoms with van der Waals surface area (Å²) in [7, 11) is 0. The Bertz CT molecular complexity index is 648. The number of alkyl halides is 3. The summed E-state index contributed by atoms with van der Waals surface area (Å²) in [6, 6.07) is 3.37. The minimum Gasteiger partial charge on any atom is -0.383 e. The lowest BCUT2D eigenvalue weighted by atomic mass is 10.1. The zero-order chi connectivity index (χ0) is 14.3. The van der Waals surface area contributed by atoms with Gasteiger partial charge in [-0.2, -0.15) is 13.2 Å². The quantitative estimate of drug-likeness (QED) is 0.842. The van der Waals surface area contributed by atoms with E-state index in [0.717, 1.165) is 31.6 Å². The van der Waals surface area contributed by atoms with Crippen molar-refractivity contribution in [2.45, 2.75) is 18.5 Å². The van der Waals surface area contributed by atoms with Crippen molar-refractivity contribution in [3.8, 4) is 0 Å². The van der Waals surface area contributed by atoms with E-state index in [2.05, 4.69) is 15.3 Å². The van der Waals surface area contributed by atoms with Gasteiger partial charge < -0.3 is 11.1 Å². The minimum atomic E-state index is -4.39. The van der Waals surface area contributed by atoms with Crippen LogP contribution in [0.5, 0.6) is 0 Å². The number of benzene rings is 1. The predicted molar refractivity (Wildman–Crippen MR) is 69.2 cm³/mol. The third-order valence-corrected chi connectivity index (χ3v) is 3.50. The third-order valence-electron chi connectivity index (χ3n) is 3.50. The zero-order valence-electron chi connectivity index (χ0n) is 10.5. The van der Waals surface area contributed by atoms with Gasteiger partial charge >= 0.3 is 6.18 Å². The minimum absolute atomic E-state index is 0.100. The van der Waals surface area contributed by atoms with Crippen molar-refractivity contribution in [1.29, 1.82) is 0 Å². The van der Waals surface area contributed by atoms with Crippen LogP contribution in [0.4, 0.5) is 19.0 Å². The number of rotatable bonds is 1. The molecule has 0 aliphatic carbocycles. The summed E-state index contributed by atoms with van der Waals surface area (Å²) in [5.74, 6) is 0.867. The summed E-state index contributed by atoms with van der Waals surface area (Å²) in [6.45, 7) is 1.66. The Balaban J connectivity index is 2.09. The highest BCUT2D eigenvalue weighted by atomic mass is 19.4. The average Bonchev–Trinajstić information content (AvgIpc) is 2.91. The molecule has 2 heterocycles. The van der Waals surface area contributed by atoms with Crippen molar-refractivity contribution < 1.29 is 13.2 Å². The van der Waals surface area contributed by atoms with Gasteiger partial charge in [0.2, 0.25) is 0 Å². The number of nitrogens with zero attached hydrogens (tertiary/aromatic N) is 2. The first-order valence-corrected chi connectivity index (χ1v) is 6.30. The molecule has 1 aromatic carbocycles. The first kappa shape index (κ1) is 13.1. The number of nitrogens with two attached hydrogens (primary N) is 1. The summed E-state index contributed by atoms with van der Waals surface area (Å²) in [6.07, 6.45) is -3.49.